The van der Waals surface area contributed by atoms with E-state index in [1.165, 1.54) is 5.56 Å². The average Bonchev–Trinajstić information content (AvgIpc) is 3.08. The van der Waals surface area contributed by atoms with Crippen molar-refractivity contribution in [2.75, 3.05) is 19.7 Å². The van der Waals surface area contributed by atoms with Gasteiger partial charge >= 0.3 is 0 Å². The van der Waals surface area contributed by atoms with Crippen LogP contribution in [-0.4, -0.2) is 45.4 Å². The number of hydrogen-bond donors (Lipinski definition) is 1. The molecule has 5 nitrogen and oxygen atoms in total. The maximum Gasteiger partial charge on any atom is 0.227 e. The van der Waals surface area contributed by atoms with Crippen molar-refractivity contribution in [1.82, 2.24) is 14.7 Å². The third kappa shape index (κ3) is 4.57. The number of piperidine rings is 1. The zero-order chi connectivity index (χ0) is 21.8. The molecule has 0 aliphatic carbocycles. The zero-order valence-electron chi connectivity index (χ0n) is 18.4. The number of aliphatic hydroxyl groups excluding tert-OH is 1. The molecule has 1 aromatic heterocycles. The van der Waals surface area contributed by atoms with E-state index in [9.17, 15) is 9.90 Å². The van der Waals surface area contributed by atoms with Crippen LogP contribution in [-0.2, 0) is 17.6 Å². The first-order chi connectivity index (χ1) is 15.0. The number of hydrogen-bond acceptors (Lipinski definition) is 3. The Balaban J connectivity index is 1.50. The molecule has 1 fully saturated rings. The normalized spacial score (nSPS) is 18.9. The van der Waals surface area contributed by atoms with E-state index in [2.05, 4.69) is 17.2 Å². The van der Waals surface area contributed by atoms with Crippen molar-refractivity contribution >= 4 is 5.91 Å². The summed E-state index contributed by atoms with van der Waals surface area (Å²) in [6, 6.07) is 20.3. The molecule has 1 aliphatic heterocycles. The fourth-order valence-electron chi connectivity index (χ4n) is 4.79. The molecule has 0 saturated carbocycles. The molecule has 2 aromatic carbocycles. The highest BCUT2D eigenvalue weighted by molar-refractivity contribution is 5.79. The van der Waals surface area contributed by atoms with E-state index in [1.807, 2.05) is 72.0 Å². The predicted octanol–water partition coefficient (Wildman–Crippen LogP) is 3.88. The number of carbonyl (C=O) groups is 1. The Kier molecular flexibility index (Phi) is 6.23. The van der Waals surface area contributed by atoms with Crippen molar-refractivity contribution in [1.29, 1.82) is 0 Å². The first kappa shape index (κ1) is 21.3. The van der Waals surface area contributed by atoms with Gasteiger partial charge in [-0.2, -0.15) is 5.10 Å². The molecule has 0 radical (unpaired) electrons. The van der Waals surface area contributed by atoms with E-state index in [1.54, 1.807) is 0 Å². The molecule has 4 rings (SSSR count). The van der Waals surface area contributed by atoms with Crippen molar-refractivity contribution in [2.45, 2.75) is 39.5 Å². The van der Waals surface area contributed by atoms with Gasteiger partial charge in [-0.15, -0.1) is 0 Å². The largest absolute Gasteiger partial charge is 0.396 e. The van der Waals surface area contributed by atoms with Crippen LogP contribution in [0.4, 0.5) is 0 Å². The Hall–Kier alpha value is -2.92. The number of aromatic nitrogens is 2. The molecular weight excluding hydrogens is 386 g/mol. The SMILES string of the molecule is Cc1nn(-c2ccccc2)c(C)c1CC(=O)N1CCCC(CO)(Cc2ccccc2)C1. The van der Waals surface area contributed by atoms with Crippen LogP contribution in [0.25, 0.3) is 5.69 Å². The van der Waals surface area contributed by atoms with E-state index in [4.69, 9.17) is 0 Å². The minimum absolute atomic E-state index is 0.0929. The van der Waals surface area contributed by atoms with Gasteiger partial charge in [-0.1, -0.05) is 48.5 Å². The fourth-order valence-corrected chi connectivity index (χ4v) is 4.79. The van der Waals surface area contributed by atoms with E-state index >= 15 is 0 Å². The fraction of sp³-hybridized carbons (Fsp3) is 0.385. The van der Waals surface area contributed by atoms with Gasteiger partial charge in [0.25, 0.3) is 0 Å². The summed E-state index contributed by atoms with van der Waals surface area (Å²) in [6.07, 6.45) is 2.99. The molecular formula is C26H31N3O2. The quantitative estimate of drug-likeness (QED) is 0.662. The Morgan fingerprint density at radius 1 is 1.06 bits per heavy atom. The van der Waals surface area contributed by atoms with Crippen molar-refractivity contribution in [3.8, 4) is 5.69 Å². The minimum Gasteiger partial charge on any atom is -0.396 e. The lowest BCUT2D eigenvalue weighted by Crippen LogP contribution is -2.49. The molecule has 1 amide bonds. The number of rotatable bonds is 6. The molecule has 0 spiro atoms. The maximum atomic E-state index is 13.3. The van der Waals surface area contributed by atoms with Crippen LogP contribution in [0.15, 0.2) is 60.7 Å². The number of carbonyl (C=O) groups excluding carboxylic acids is 1. The Bertz CT molecular complexity index is 1030. The van der Waals surface area contributed by atoms with Crippen LogP contribution in [0.1, 0.15) is 35.4 Å². The first-order valence-electron chi connectivity index (χ1n) is 11.0. The van der Waals surface area contributed by atoms with E-state index in [0.29, 0.717) is 13.0 Å². The molecule has 162 valence electrons. The zero-order valence-corrected chi connectivity index (χ0v) is 18.4. The van der Waals surface area contributed by atoms with E-state index in [0.717, 1.165) is 48.4 Å². The van der Waals surface area contributed by atoms with Gasteiger partial charge in [0.1, 0.15) is 0 Å². The standard InChI is InChI=1S/C26H31N3O2/c1-20-24(21(2)29(27-20)23-12-7-4-8-13-23)16-25(31)28-15-9-14-26(18-28,19-30)17-22-10-5-3-6-11-22/h3-8,10-13,30H,9,14-19H2,1-2H3. The van der Waals surface area contributed by atoms with Gasteiger partial charge in [0.2, 0.25) is 5.91 Å². The number of nitrogens with zero attached hydrogens (tertiary/aromatic N) is 3. The smallest absolute Gasteiger partial charge is 0.227 e. The average molecular weight is 418 g/mol. The number of likely N-dealkylation sites (tertiary alicyclic amines) is 1. The summed E-state index contributed by atoms with van der Waals surface area (Å²) >= 11 is 0. The molecule has 31 heavy (non-hydrogen) atoms. The lowest BCUT2D eigenvalue weighted by Gasteiger charge is -2.42. The number of benzene rings is 2. The summed E-state index contributed by atoms with van der Waals surface area (Å²) in [5.74, 6) is 0.115. The van der Waals surface area contributed by atoms with Crippen molar-refractivity contribution in [2.24, 2.45) is 5.41 Å². The van der Waals surface area contributed by atoms with Crippen LogP contribution < -0.4 is 0 Å². The van der Waals surface area contributed by atoms with Crippen molar-refractivity contribution in [3.05, 3.63) is 83.2 Å². The van der Waals surface area contributed by atoms with Crippen LogP contribution in [0.2, 0.25) is 0 Å². The summed E-state index contributed by atoms with van der Waals surface area (Å²) in [4.78, 5) is 15.2. The van der Waals surface area contributed by atoms with Crippen LogP contribution in [0.5, 0.6) is 0 Å². The molecule has 1 N–H and O–H groups in total. The highest BCUT2D eigenvalue weighted by Crippen LogP contribution is 2.34. The molecule has 1 atom stereocenters. The minimum atomic E-state index is -0.270. The van der Waals surface area contributed by atoms with Crippen molar-refractivity contribution < 1.29 is 9.90 Å². The van der Waals surface area contributed by atoms with E-state index < -0.39 is 0 Å². The maximum absolute atomic E-state index is 13.3. The molecule has 1 aliphatic rings. The van der Waals surface area contributed by atoms with Crippen LogP contribution in [0, 0.1) is 19.3 Å². The lowest BCUT2D eigenvalue weighted by molar-refractivity contribution is -0.134. The lowest BCUT2D eigenvalue weighted by atomic mass is 9.75. The summed E-state index contributed by atoms with van der Waals surface area (Å²) in [5, 5.41) is 14.9. The second kappa shape index (κ2) is 9.06. The highest BCUT2D eigenvalue weighted by Gasteiger charge is 2.37. The Labute approximate surface area is 184 Å². The monoisotopic (exact) mass is 417 g/mol. The molecule has 0 bridgehead atoms. The Morgan fingerprint density at radius 2 is 1.74 bits per heavy atom. The molecule has 3 aromatic rings. The molecule has 1 saturated heterocycles. The third-order valence-corrected chi connectivity index (χ3v) is 6.54. The highest BCUT2D eigenvalue weighted by atomic mass is 16.3. The first-order valence-corrected chi connectivity index (χ1v) is 11.0. The summed E-state index contributed by atoms with van der Waals surface area (Å²) < 4.78 is 1.92. The third-order valence-electron chi connectivity index (χ3n) is 6.54. The van der Waals surface area contributed by atoms with Gasteiger partial charge in [0.05, 0.1) is 24.4 Å². The summed E-state index contributed by atoms with van der Waals surface area (Å²) in [5.41, 5.74) is 4.84. The van der Waals surface area contributed by atoms with Gasteiger partial charge in [0, 0.05) is 29.8 Å². The number of amides is 1. The van der Waals surface area contributed by atoms with Crippen LogP contribution in [0.3, 0.4) is 0 Å². The van der Waals surface area contributed by atoms with Gasteiger partial charge in [0.15, 0.2) is 0 Å². The van der Waals surface area contributed by atoms with Crippen molar-refractivity contribution in [3.63, 3.8) is 0 Å². The van der Waals surface area contributed by atoms with E-state index in [-0.39, 0.29) is 17.9 Å². The van der Waals surface area contributed by atoms with Gasteiger partial charge < -0.3 is 10.0 Å². The number of para-hydroxylation sites is 1. The molecule has 5 heteroatoms. The summed E-state index contributed by atoms with van der Waals surface area (Å²) in [6.45, 7) is 5.44. The van der Waals surface area contributed by atoms with Gasteiger partial charge in [-0.25, -0.2) is 4.68 Å². The van der Waals surface area contributed by atoms with Gasteiger partial charge in [-0.3, -0.25) is 4.79 Å². The second-order valence-corrected chi connectivity index (χ2v) is 8.81. The number of aliphatic hydroxyl groups is 1. The number of aryl methyl sites for hydroxylation is 1. The second-order valence-electron chi connectivity index (χ2n) is 8.81. The molecule has 2 heterocycles. The predicted molar refractivity (Wildman–Crippen MR) is 122 cm³/mol. The van der Waals surface area contributed by atoms with Gasteiger partial charge in [-0.05, 0) is 50.8 Å². The molecule has 1 unspecified atom stereocenters. The van der Waals surface area contributed by atoms with Crippen LogP contribution >= 0.6 is 0 Å². The topological polar surface area (TPSA) is 58.4 Å². The summed E-state index contributed by atoms with van der Waals surface area (Å²) in [7, 11) is 0. The Morgan fingerprint density at radius 3 is 2.42 bits per heavy atom.